The van der Waals surface area contributed by atoms with E-state index in [0.717, 1.165) is 33.4 Å². The van der Waals surface area contributed by atoms with Crippen LogP contribution in [-0.2, 0) is 12.0 Å². The lowest BCUT2D eigenvalue weighted by Gasteiger charge is -2.27. The summed E-state index contributed by atoms with van der Waals surface area (Å²) in [5.74, 6) is 0.152. The van der Waals surface area contributed by atoms with E-state index in [4.69, 9.17) is 16.6 Å². The standard InChI is InChI=1S/C28H24ClN3O/c1-28(2,3)32-16-20(15-30)25-24(18-9-11-21(29)12-10-18)26-22(31-27(25)32)13-19(14-23(26)33)17-7-5-4-6-8-17/h4-12,16,19H,13-14H2,1-3H3/t19-/m0/s1. The summed E-state index contributed by atoms with van der Waals surface area (Å²) >= 11 is 6.16. The maximum atomic E-state index is 13.6. The van der Waals surface area contributed by atoms with E-state index < -0.39 is 0 Å². The number of pyridine rings is 1. The fourth-order valence-corrected chi connectivity index (χ4v) is 4.97. The van der Waals surface area contributed by atoms with E-state index in [9.17, 15) is 10.1 Å². The van der Waals surface area contributed by atoms with E-state index in [1.807, 2.05) is 48.7 Å². The zero-order valence-electron chi connectivity index (χ0n) is 18.9. The lowest BCUT2D eigenvalue weighted by Crippen LogP contribution is -2.24. The Labute approximate surface area is 198 Å². The third-order valence-corrected chi connectivity index (χ3v) is 6.66. The van der Waals surface area contributed by atoms with Crippen LogP contribution >= 0.6 is 11.6 Å². The topological polar surface area (TPSA) is 58.7 Å². The van der Waals surface area contributed by atoms with E-state index in [1.54, 1.807) is 0 Å². The number of nitriles is 1. The molecule has 0 unspecified atom stereocenters. The summed E-state index contributed by atoms with van der Waals surface area (Å²) in [5, 5.41) is 11.4. The van der Waals surface area contributed by atoms with Gasteiger partial charge in [-0.25, -0.2) is 4.98 Å². The number of rotatable bonds is 2. The number of Topliss-reactive ketones (excluding diaryl/α,β-unsaturated/α-hetero) is 1. The van der Waals surface area contributed by atoms with Crippen molar-refractivity contribution in [1.29, 1.82) is 5.26 Å². The van der Waals surface area contributed by atoms with Crippen LogP contribution < -0.4 is 0 Å². The van der Waals surface area contributed by atoms with Crippen molar-refractivity contribution in [3.05, 3.63) is 88.2 Å². The first kappa shape index (κ1) is 21.4. The molecule has 33 heavy (non-hydrogen) atoms. The van der Waals surface area contributed by atoms with Crippen molar-refractivity contribution >= 4 is 28.4 Å². The van der Waals surface area contributed by atoms with Crippen LogP contribution in [0.4, 0.5) is 0 Å². The molecule has 0 bridgehead atoms. The van der Waals surface area contributed by atoms with Gasteiger partial charge in [0.15, 0.2) is 5.78 Å². The molecule has 0 fully saturated rings. The molecule has 4 nitrogen and oxygen atoms in total. The highest BCUT2D eigenvalue weighted by atomic mass is 35.5. The first-order valence-corrected chi connectivity index (χ1v) is 11.5. The fourth-order valence-electron chi connectivity index (χ4n) is 4.85. The summed E-state index contributed by atoms with van der Waals surface area (Å²) in [6, 6.07) is 20.0. The minimum atomic E-state index is -0.274. The molecule has 2 heterocycles. The highest BCUT2D eigenvalue weighted by Gasteiger charge is 2.33. The Morgan fingerprint density at radius 1 is 1.03 bits per heavy atom. The zero-order chi connectivity index (χ0) is 23.3. The molecule has 0 amide bonds. The maximum Gasteiger partial charge on any atom is 0.165 e. The maximum absolute atomic E-state index is 13.6. The van der Waals surface area contributed by atoms with E-state index in [1.165, 1.54) is 0 Å². The van der Waals surface area contributed by atoms with E-state index in [0.29, 0.717) is 29.0 Å². The highest BCUT2D eigenvalue weighted by molar-refractivity contribution is 6.30. The number of hydrogen-bond donors (Lipinski definition) is 0. The third-order valence-electron chi connectivity index (χ3n) is 6.41. The van der Waals surface area contributed by atoms with Crippen LogP contribution in [0.2, 0.25) is 5.02 Å². The summed E-state index contributed by atoms with van der Waals surface area (Å²) < 4.78 is 2.05. The predicted octanol–water partition coefficient (Wildman–Crippen LogP) is 6.90. The second-order valence-electron chi connectivity index (χ2n) is 9.65. The van der Waals surface area contributed by atoms with Crippen LogP contribution in [0, 0.1) is 11.3 Å². The van der Waals surface area contributed by atoms with Crippen molar-refractivity contribution in [2.75, 3.05) is 0 Å². The Kier molecular flexibility index (Phi) is 5.11. The minimum absolute atomic E-state index is 0.0665. The Bertz CT molecular complexity index is 1420. The van der Waals surface area contributed by atoms with Crippen molar-refractivity contribution < 1.29 is 4.79 Å². The molecule has 0 N–H and O–H groups in total. The SMILES string of the molecule is CC(C)(C)n1cc(C#N)c2c(-c3ccc(Cl)cc3)c3c(nc21)C[C@H](c1ccccc1)CC3=O. The van der Waals surface area contributed by atoms with Gasteiger partial charge in [-0.1, -0.05) is 54.1 Å². The molecular formula is C28H24ClN3O. The van der Waals surface area contributed by atoms with Crippen molar-refractivity contribution in [1.82, 2.24) is 9.55 Å². The van der Waals surface area contributed by atoms with Gasteiger partial charge in [0.25, 0.3) is 0 Å². The molecule has 164 valence electrons. The van der Waals surface area contributed by atoms with E-state index in [2.05, 4.69) is 43.5 Å². The van der Waals surface area contributed by atoms with Gasteiger partial charge in [0.1, 0.15) is 11.7 Å². The number of carbonyl (C=O) groups is 1. The number of nitrogens with zero attached hydrogens (tertiary/aromatic N) is 3. The van der Waals surface area contributed by atoms with Gasteiger partial charge in [0.05, 0.1) is 11.3 Å². The number of benzene rings is 2. The lowest BCUT2D eigenvalue weighted by atomic mass is 9.78. The van der Waals surface area contributed by atoms with Gasteiger partial charge >= 0.3 is 0 Å². The summed E-state index contributed by atoms with van der Waals surface area (Å²) in [7, 11) is 0. The van der Waals surface area contributed by atoms with Crippen LogP contribution in [0.1, 0.15) is 60.3 Å². The molecule has 5 heteroatoms. The highest BCUT2D eigenvalue weighted by Crippen LogP contribution is 2.42. The Morgan fingerprint density at radius 2 is 1.73 bits per heavy atom. The van der Waals surface area contributed by atoms with Gasteiger partial charge in [-0.2, -0.15) is 5.26 Å². The first-order valence-electron chi connectivity index (χ1n) is 11.1. The molecule has 1 aliphatic carbocycles. The molecule has 0 radical (unpaired) electrons. The predicted molar refractivity (Wildman–Crippen MR) is 132 cm³/mol. The molecule has 2 aromatic carbocycles. The van der Waals surface area contributed by atoms with Crippen molar-refractivity contribution in [3.8, 4) is 17.2 Å². The molecule has 0 saturated heterocycles. The minimum Gasteiger partial charge on any atom is -0.326 e. The van der Waals surface area contributed by atoms with Gasteiger partial charge in [-0.15, -0.1) is 0 Å². The van der Waals surface area contributed by atoms with E-state index >= 15 is 0 Å². The summed E-state index contributed by atoms with van der Waals surface area (Å²) in [5.41, 5.74) is 5.24. The van der Waals surface area contributed by atoms with Gasteiger partial charge in [-0.3, -0.25) is 4.79 Å². The number of hydrogen-bond acceptors (Lipinski definition) is 3. The largest absolute Gasteiger partial charge is 0.326 e. The summed E-state index contributed by atoms with van der Waals surface area (Å²) in [6.07, 6.45) is 2.97. The quantitative estimate of drug-likeness (QED) is 0.331. The van der Waals surface area contributed by atoms with Crippen molar-refractivity contribution in [3.63, 3.8) is 0 Å². The third kappa shape index (κ3) is 3.63. The van der Waals surface area contributed by atoms with Crippen LogP contribution in [0.3, 0.4) is 0 Å². The first-order chi connectivity index (χ1) is 15.8. The van der Waals surface area contributed by atoms with Crippen LogP contribution in [0.25, 0.3) is 22.2 Å². The molecule has 5 rings (SSSR count). The number of halogens is 1. The lowest BCUT2D eigenvalue weighted by molar-refractivity contribution is 0.0964. The van der Waals surface area contributed by atoms with Crippen LogP contribution in [-0.4, -0.2) is 15.3 Å². The average Bonchev–Trinajstić information content (AvgIpc) is 3.18. The second-order valence-corrected chi connectivity index (χ2v) is 10.1. The summed E-state index contributed by atoms with van der Waals surface area (Å²) in [4.78, 5) is 18.7. The Balaban J connectivity index is 1.84. The van der Waals surface area contributed by atoms with E-state index in [-0.39, 0.29) is 17.2 Å². The fraction of sp³-hybridized carbons (Fsp3) is 0.250. The summed E-state index contributed by atoms with van der Waals surface area (Å²) in [6.45, 7) is 6.28. The normalized spacial score (nSPS) is 16.0. The molecule has 1 atom stereocenters. The van der Waals surface area contributed by atoms with Crippen molar-refractivity contribution in [2.45, 2.75) is 45.1 Å². The monoisotopic (exact) mass is 453 g/mol. The van der Waals surface area contributed by atoms with Gasteiger partial charge < -0.3 is 4.57 Å². The number of ketones is 1. The molecule has 2 aromatic heterocycles. The molecular weight excluding hydrogens is 430 g/mol. The second kappa shape index (κ2) is 7.86. The molecule has 4 aromatic rings. The molecule has 0 spiro atoms. The van der Waals surface area contributed by atoms with Crippen molar-refractivity contribution in [2.24, 2.45) is 0 Å². The number of fused-ring (bicyclic) bond motifs is 2. The van der Waals surface area contributed by atoms with Gasteiger partial charge in [0, 0.05) is 39.7 Å². The molecule has 0 saturated carbocycles. The van der Waals surface area contributed by atoms with Crippen LogP contribution in [0.5, 0.6) is 0 Å². The average molecular weight is 454 g/mol. The van der Waals surface area contributed by atoms with Gasteiger partial charge in [0.2, 0.25) is 0 Å². The smallest absolute Gasteiger partial charge is 0.165 e. The Morgan fingerprint density at radius 3 is 2.36 bits per heavy atom. The zero-order valence-corrected chi connectivity index (χ0v) is 19.6. The van der Waals surface area contributed by atoms with Gasteiger partial charge in [-0.05, 0) is 56.4 Å². The number of carbonyl (C=O) groups excluding carboxylic acids is 1. The van der Waals surface area contributed by atoms with Crippen LogP contribution in [0.15, 0.2) is 60.8 Å². The number of aromatic nitrogens is 2. The molecule has 0 aliphatic heterocycles. The molecule has 1 aliphatic rings. The Hall–Kier alpha value is -3.42.